The predicted octanol–water partition coefficient (Wildman–Crippen LogP) is 7.06. The molecule has 0 aromatic rings. The van der Waals surface area contributed by atoms with E-state index in [1.54, 1.807) is 5.57 Å². The maximum absolute atomic E-state index is 10.7. The van der Waals surface area contributed by atoms with Gasteiger partial charge in [-0.3, -0.25) is 0 Å². The van der Waals surface area contributed by atoms with Gasteiger partial charge >= 0.3 is 0 Å². The Morgan fingerprint density at radius 2 is 1.90 bits per heavy atom. The van der Waals surface area contributed by atoms with E-state index in [1.165, 1.54) is 32.1 Å². The van der Waals surface area contributed by atoms with Crippen molar-refractivity contribution in [1.29, 1.82) is 0 Å². The normalized spacial score (nSPS) is 47.4. The molecule has 1 unspecified atom stereocenters. The smallest absolute Gasteiger partial charge is 0.0657 e. The highest BCUT2D eigenvalue weighted by atomic mass is 16.3. The number of fused-ring (bicyclic) bond motifs is 5. The van der Waals surface area contributed by atoms with Crippen LogP contribution in [-0.2, 0) is 0 Å². The molecule has 0 amide bonds. The molecule has 9 atom stereocenters. The molecule has 0 heterocycles. The molecule has 0 saturated heterocycles. The summed E-state index contributed by atoms with van der Waals surface area (Å²) >= 11 is 0. The Hall–Kier alpha value is -0.600. The lowest BCUT2D eigenvalue weighted by molar-refractivity contribution is -0.0714. The molecule has 0 aromatic carbocycles. The summed E-state index contributed by atoms with van der Waals surface area (Å²) in [6.45, 7) is 15.4. The minimum absolute atomic E-state index is 0.319. The monoisotopic (exact) mass is 428 g/mol. The van der Waals surface area contributed by atoms with E-state index in [0.29, 0.717) is 23.2 Å². The molecule has 0 aromatic heterocycles. The average Bonchev–Trinajstić information content (AvgIpc) is 3.04. The summed E-state index contributed by atoms with van der Waals surface area (Å²) in [6, 6.07) is 0. The van der Waals surface area contributed by atoms with Gasteiger partial charge in [-0.2, -0.15) is 0 Å². The third-order valence-electron chi connectivity index (χ3n) is 10.9. The first-order chi connectivity index (χ1) is 14.4. The van der Waals surface area contributed by atoms with E-state index >= 15 is 0 Å². The Bertz CT molecular complexity index is 718. The number of hydrogen-bond acceptors (Lipinski definition) is 2. The van der Waals surface area contributed by atoms with E-state index in [-0.39, 0.29) is 0 Å². The standard InChI is InChI=1S/C29H48O2/c1-7-14-26(3,30)15-12-20(2)23-10-11-24-22-9-8-21-19-27(4,31)17-18-28(21,5)25(22)13-16-29(23,24)6/h7-8,20,22-25,30-31H,1,9-19H2,2-6H3/t20-,22+,23?,24+,25+,26-,27+,28+,29-/m1/s1. The molecule has 2 N–H and O–H groups in total. The molecule has 0 aliphatic heterocycles. The molecule has 3 saturated carbocycles. The summed E-state index contributed by atoms with van der Waals surface area (Å²) < 4.78 is 0. The summed E-state index contributed by atoms with van der Waals surface area (Å²) in [6.07, 6.45) is 16.9. The van der Waals surface area contributed by atoms with Crippen LogP contribution < -0.4 is 0 Å². The van der Waals surface area contributed by atoms with Crippen molar-refractivity contribution in [1.82, 2.24) is 0 Å². The summed E-state index contributed by atoms with van der Waals surface area (Å²) in [4.78, 5) is 0. The van der Waals surface area contributed by atoms with Crippen molar-refractivity contribution in [3.63, 3.8) is 0 Å². The average molecular weight is 429 g/mol. The molecule has 4 rings (SSSR count). The van der Waals surface area contributed by atoms with Crippen LogP contribution in [-0.4, -0.2) is 21.4 Å². The lowest BCUT2D eigenvalue weighted by atomic mass is 9.46. The van der Waals surface area contributed by atoms with E-state index in [4.69, 9.17) is 0 Å². The second kappa shape index (κ2) is 8.01. The Kier molecular flexibility index (Phi) is 6.09. The van der Waals surface area contributed by atoms with Gasteiger partial charge in [-0.15, -0.1) is 6.58 Å². The fourth-order valence-electron chi connectivity index (χ4n) is 8.93. The number of rotatable bonds is 6. The highest BCUT2D eigenvalue weighted by Crippen LogP contribution is 2.67. The Balaban J connectivity index is 1.49. The summed E-state index contributed by atoms with van der Waals surface area (Å²) in [7, 11) is 0. The summed E-state index contributed by atoms with van der Waals surface area (Å²) in [5, 5.41) is 21.3. The van der Waals surface area contributed by atoms with Crippen molar-refractivity contribution in [3.8, 4) is 0 Å². The minimum Gasteiger partial charge on any atom is -0.390 e. The molecule has 0 radical (unpaired) electrons. The maximum atomic E-state index is 10.7. The van der Waals surface area contributed by atoms with Crippen LogP contribution in [0.3, 0.4) is 0 Å². The topological polar surface area (TPSA) is 40.5 Å². The SMILES string of the molecule is C=CC[C@@](C)(O)CC[C@@H](C)C1CC[C@H]2[C@@H]3CC=C4C[C@@](C)(O)CC[C@]4(C)[C@H]3CC[C@]12C. The molecule has 4 aliphatic rings. The molecule has 2 nitrogen and oxygen atoms in total. The highest BCUT2D eigenvalue weighted by molar-refractivity contribution is 5.26. The molecule has 4 aliphatic carbocycles. The lowest BCUT2D eigenvalue weighted by Gasteiger charge is -2.59. The first-order valence-electron chi connectivity index (χ1n) is 13.2. The van der Waals surface area contributed by atoms with Crippen molar-refractivity contribution in [2.45, 2.75) is 116 Å². The van der Waals surface area contributed by atoms with Crippen LogP contribution in [0.5, 0.6) is 0 Å². The van der Waals surface area contributed by atoms with Crippen molar-refractivity contribution in [2.24, 2.45) is 40.4 Å². The zero-order valence-electron chi connectivity index (χ0n) is 20.9. The van der Waals surface area contributed by atoms with E-state index in [9.17, 15) is 10.2 Å². The fourth-order valence-corrected chi connectivity index (χ4v) is 8.93. The Morgan fingerprint density at radius 3 is 2.61 bits per heavy atom. The predicted molar refractivity (Wildman–Crippen MR) is 130 cm³/mol. The van der Waals surface area contributed by atoms with Gasteiger partial charge in [-0.25, -0.2) is 0 Å². The third-order valence-corrected chi connectivity index (χ3v) is 10.9. The van der Waals surface area contributed by atoms with E-state index in [0.717, 1.165) is 55.8 Å². The van der Waals surface area contributed by atoms with Crippen LogP contribution >= 0.6 is 0 Å². The van der Waals surface area contributed by atoms with E-state index in [1.807, 2.05) is 19.9 Å². The molecule has 176 valence electrons. The highest BCUT2D eigenvalue weighted by Gasteiger charge is 2.59. The zero-order chi connectivity index (χ0) is 22.7. The van der Waals surface area contributed by atoms with Gasteiger partial charge in [0.2, 0.25) is 0 Å². The molecule has 0 spiro atoms. The van der Waals surface area contributed by atoms with Crippen LogP contribution in [0.4, 0.5) is 0 Å². The van der Waals surface area contributed by atoms with Gasteiger partial charge in [0.05, 0.1) is 11.2 Å². The van der Waals surface area contributed by atoms with Gasteiger partial charge < -0.3 is 10.2 Å². The van der Waals surface area contributed by atoms with Gasteiger partial charge in [0.15, 0.2) is 0 Å². The van der Waals surface area contributed by atoms with Crippen molar-refractivity contribution < 1.29 is 10.2 Å². The number of allylic oxidation sites excluding steroid dienone is 1. The van der Waals surface area contributed by atoms with Gasteiger partial charge in [-0.05, 0) is 125 Å². The van der Waals surface area contributed by atoms with Crippen molar-refractivity contribution >= 4 is 0 Å². The lowest BCUT2D eigenvalue weighted by Crippen LogP contribution is -2.52. The van der Waals surface area contributed by atoms with Crippen molar-refractivity contribution in [3.05, 3.63) is 24.3 Å². The van der Waals surface area contributed by atoms with Gasteiger partial charge in [0.25, 0.3) is 0 Å². The van der Waals surface area contributed by atoms with Gasteiger partial charge in [0.1, 0.15) is 0 Å². The van der Waals surface area contributed by atoms with Crippen LogP contribution in [0.25, 0.3) is 0 Å². The molecular weight excluding hydrogens is 380 g/mol. The maximum Gasteiger partial charge on any atom is 0.0657 e. The van der Waals surface area contributed by atoms with Crippen LogP contribution in [0, 0.1) is 40.4 Å². The largest absolute Gasteiger partial charge is 0.390 e. The zero-order valence-corrected chi connectivity index (χ0v) is 20.9. The van der Waals surface area contributed by atoms with Gasteiger partial charge in [0, 0.05) is 0 Å². The van der Waals surface area contributed by atoms with Crippen LogP contribution in [0.2, 0.25) is 0 Å². The van der Waals surface area contributed by atoms with Gasteiger partial charge in [-0.1, -0.05) is 38.5 Å². The minimum atomic E-state index is -0.603. The summed E-state index contributed by atoms with van der Waals surface area (Å²) in [5.41, 5.74) is 1.25. The first-order valence-corrected chi connectivity index (χ1v) is 13.2. The number of hydrogen-bond donors (Lipinski definition) is 2. The Morgan fingerprint density at radius 1 is 1.16 bits per heavy atom. The quantitative estimate of drug-likeness (QED) is 0.445. The second-order valence-corrected chi connectivity index (χ2v) is 13.2. The summed E-state index contributed by atoms with van der Waals surface area (Å²) in [5.74, 6) is 3.96. The van der Waals surface area contributed by atoms with Crippen LogP contribution in [0.1, 0.15) is 105 Å². The van der Waals surface area contributed by atoms with Crippen LogP contribution in [0.15, 0.2) is 24.3 Å². The third kappa shape index (κ3) is 4.10. The van der Waals surface area contributed by atoms with E-state index < -0.39 is 11.2 Å². The molecule has 31 heavy (non-hydrogen) atoms. The number of aliphatic hydroxyl groups is 2. The first kappa shape index (κ1) is 23.6. The molecule has 2 heteroatoms. The Labute approximate surface area is 191 Å². The fraction of sp³-hybridized carbons (Fsp3) is 0.862. The second-order valence-electron chi connectivity index (χ2n) is 13.2. The molecule has 3 fully saturated rings. The molecule has 0 bridgehead atoms. The van der Waals surface area contributed by atoms with E-state index in [2.05, 4.69) is 33.4 Å². The van der Waals surface area contributed by atoms with Crippen molar-refractivity contribution in [2.75, 3.05) is 0 Å². The molecular formula is C29H48O2.